The average Bonchev–Trinajstić information content (AvgIpc) is 3.28. The summed E-state index contributed by atoms with van der Waals surface area (Å²) < 4.78 is 5.38. The quantitative estimate of drug-likeness (QED) is 0.763. The number of nitrogens with one attached hydrogen (secondary N) is 2. The molecule has 1 atom stereocenters. The summed E-state index contributed by atoms with van der Waals surface area (Å²) in [6.07, 6.45) is 2.35. The average molecular weight is 412 g/mol. The van der Waals surface area contributed by atoms with E-state index in [1.165, 1.54) is 24.6 Å². The van der Waals surface area contributed by atoms with Gasteiger partial charge in [0.25, 0.3) is 5.91 Å². The van der Waals surface area contributed by atoms with Crippen LogP contribution in [0.2, 0.25) is 0 Å². The zero-order valence-corrected chi connectivity index (χ0v) is 17.3. The molecule has 6 nitrogen and oxygen atoms in total. The summed E-state index contributed by atoms with van der Waals surface area (Å²) in [5.74, 6) is 1.06. The second-order valence-electron chi connectivity index (χ2n) is 7.29. The molecule has 0 saturated carbocycles. The molecule has 2 heterocycles. The summed E-state index contributed by atoms with van der Waals surface area (Å²) in [4.78, 5) is 27.9. The van der Waals surface area contributed by atoms with E-state index in [-0.39, 0.29) is 17.9 Å². The molecule has 2 aromatic carbocycles. The monoisotopic (exact) mass is 411 g/mol. The standard InChI is InChI=1S/C22H25N3O3S/c1-28-17-6-4-5-15(11-17)19(25-9-2-3-10-25)13-23-22(27)16-7-8-20-18(12-16)24-21(26)14-29-20/h4-8,11-12,19H,2-3,9-10,13-14H2,1H3,(H,23,27)(H,24,26). The van der Waals surface area contributed by atoms with Crippen molar-refractivity contribution in [1.82, 2.24) is 10.2 Å². The highest BCUT2D eigenvalue weighted by Crippen LogP contribution is 2.32. The minimum Gasteiger partial charge on any atom is -0.497 e. The summed E-state index contributed by atoms with van der Waals surface area (Å²) >= 11 is 1.49. The van der Waals surface area contributed by atoms with Crippen LogP contribution in [0.5, 0.6) is 5.75 Å². The molecule has 0 bridgehead atoms. The number of amides is 2. The number of carbonyl (C=O) groups excluding carboxylic acids is 2. The van der Waals surface area contributed by atoms with Gasteiger partial charge in [-0.3, -0.25) is 14.5 Å². The lowest BCUT2D eigenvalue weighted by molar-refractivity contribution is -0.113. The van der Waals surface area contributed by atoms with Crippen molar-refractivity contribution in [2.45, 2.75) is 23.8 Å². The first kappa shape index (κ1) is 19.8. The Labute approximate surface area is 175 Å². The van der Waals surface area contributed by atoms with Crippen molar-refractivity contribution in [1.29, 1.82) is 0 Å². The van der Waals surface area contributed by atoms with Gasteiger partial charge in [-0.25, -0.2) is 0 Å². The Morgan fingerprint density at radius 2 is 2.07 bits per heavy atom. The number of likely N-dealkylation sites (tertiary alicyclic amines) is 1. The molecule has 2 aliphatic rings. The van der Waals surface area contributed by atoms with Gasteiger partial charge in [-0.15, -0.1) is 11.8 Å². The fraction of sp³-hybridized carbons (Fsp3) is 0.364. The van der Waals surface area contributed by atoms with Crippen LogP contribution in [0.1, 0.15) is 34.8 Å². The molecule has 2 aromatic rings. The van der Waals surface area contributed by atoms with Crippen LogP contribution in [0.4, 0.5) is 5.69 Å². The summed E-state index contributed by atoms with van der Waals surface area (Å²) in [7, 11) is 1.67. The number of ether oxygens (including phenoxy) is 1. The van der Waals surface area contributed by atoms with Crippen LogP contribution in [0.15, 0.2) is 47.4 Å². The number of nitrogens with zero attached hydrogens (tertiary/aromatic N) is 1. The van der Waals surface area contributed by atoms with Crippen LogP contribution < -0.4 is 15.4 Å². The van der Waals surface area contributed by atoms with Gasteiger partial charge in [-0.2, -0.15) is 0 Å². The highest BCUT2D eigenvalue weighted by Gasteiger charge is 2.25. The molecule has 1 fully saturated rings. The molecule has 2 aliphatic heterocycles. The molecule has 0 radical (unpaired) electrons. The predicted molar refractivity (Wildman–Crippen MR) is 115 cm³/mol. The Balaban J connectivity index is 1.49. The van der Waals surface area contributed by atoms with Crippen molar-refractivity contribution in [3.05, 3.63) is 53.6 Å². The SMILES string of the molecule is COc1cccc(C(CNC(=O)c2ccc3c(c2)NC(=O)CS3)N2CCCC2)c1. The number of thioether (sulfide) groups is 1. The van der Waals surface area contributed by atoms with Crippen LogP contribution in [-0.2, 0) is 4.79 Å². The fourth-order valence-corrected chi connectivity index (χ4v) is 4.66. The highest BCUT2D eigenvalue weighted by atomic mass is 32.2. The van der Waals surface area contributed by atoms with Crippen molar-refractivity contribution < 1.29 is 14.3 Å². The highest BCUT2D eigenvalue weighted by molar-refractivity contribution is 8.00. The molecule has 1 saturated heterocycles. The van der Waals surface area contributed by atoms with Crippen molar-refractivity contribution in [2.24, 2.45) is 0 Å². The van der Waals surface area contributed by atoms with Crippen LogP contribution in [-0.4, -0.2) is 49.2 Å². The molecule has 0 aliphatic carbocycles. The Morgan fingerprint density at radius 3 is 2.86 bits per heavy atom. The van der Waals surface area contributed by atoms with Gasteiger partial charge in [0.05, 0.1) is 24.6 Å². The third-order valence-corrected chi connectivity index (χ3v) is 6.46. The minimum absolute atomic E-state index is 0.0350. The first-order valence-electron chi connectivity index (χ1n) is 9.87. The third-order valence-electron chi connectivity index (χ3n) is 5.39. The lowest BCUT2D eigenvalue weighted by Crippen LogP contribution is -2.36. The topological polar surface area (TPSA) is 70.7 Å². The number of carbonyl (C=O) groups is 2. The maximum atomic E-state index is 12.8. The van der Waals surface area contributed by atoms with Gasteiger partial charge < -0.3 is 15.4 Å². The van der Waals surface area contributed by atoms with Gasteiger partial charge in [-0.1, -0.05) is 12.1 Å². The Kier molecular flexibility index (Phi) is 6.06. The number of anilines is 1. The summed E-state index contributed by atoms with van der Waals surface area (Å²) in [5.41, 5.74) is 2.40. The van der Waals surface area contributed by atoms with Crippen molar-refractivity contribution >= 4 is 29.3 Å². The number of rotatable bonds is 6. The van der Waals surface area contributed by atoms with Gasteiger partial charge >= 0.3 is 0 Å². The van der Waals surface area contributed by atoms with Gasteiger partial charge in [0.1, 0.15) is 5.75 Å². The van der Waals surface area contributed by atoms with Gasteiger partial charge in [-0.05, 0) is 61.8 Å². The van der Waals surface area contributed by atoms with E-state index in [0.717, 1.165) is 29.3 Å². The lowest BCUT2D eigenvalue weighted by atomic mass is 10.0. The van der Waals surface area contributed by atoms with Crippen molar-refractivity contribution in [3.63, 3.8) is 0 Å². The fourth-order valence-electron chi connectivity index (χ4n) is 3.88. The molecule has 1 unspecified atom stereocenters. The molecule has 0 aromatic heterocycles. The number of hydrogen-bond acceptors (Lipinski definition) is 5. The molecule has 2 N–H and O–H groups in total. The zero-order chi connectivity index (χ0) is 20.2. The van der Waals surface area contributed by atoms with Gasteiger partial charge in [0.15, 0.2) is 0 Å². The van der Waals surface area contributed by atoms with E-state index >= 15 is 0 Å². The second-order valence-corrected chi connectivity index (χ2v) is 8.31. The first-order chi connectivity index (χ1) is 14.1. The predicted octanol–water partition coefficient (Wildman–Crippen LogP) is 3.31. The molecule has 4 rings (SSSR count). The van der Waals surface area contributed by atoms with E-state index in [0.29, 0.717) is 23.5 Å². The maximum absolute atomic E-state index is 12.8. The summed E-state index contributed by atoms with van der Waals surface area (Å²) in [6, 6.07) is 13.6. The van der Waals surface area contributed by atoms with E-state index in [4.69, 9.17) is 4.74 Å². The van der Waals surface area contributed by atoms with E-state index in [2.05, 4.69) is 21.6 Å². The van der Waals surface area contributed by atoms with Crippen LogP contribution in [0.25, 0.3) is 0 Å². The second kappa shape index (κ2) is 8.88. The van der Waals surface area contributed by atoms with E-state index < -0.39 is 0 Å². The normalized spacial score (nSPS) is 17.3. The Morgan fingerprint density at radius 1 is 1.24 bits per heavy atom. The van der Waals surface area contributed by atoms with Crippen molar-refractivity contribution in [3.8, 4) is 5.75 Å². The number of benzene rings is 2. The van der Waals surface area contributed by atoms with Crippen LogP contribution >= 0.6 is 11.8 Å². The van der Waals surface area contributed by atoms with E-state index in [1.54, 1.807) is 13.2 Å². The van der Waals surface area contributed by atoms with E-state index in [9.17, 15) is 9.59 Å². The van der Waals surface area contributed by atoms with Crippen LogP contribution in [0, 0.1) is 0 Å². The number of methoxy groups -OCH3 is 1. The Bertz CT molecular complexity index is 912. The molecule has 29 heavy (non-hydrogen) atoms. The molecular formula is C22H25N3O3S. The van der Waals surface area contributed by atoms with Crippen molar-refractivity contribution in [2.75, 3.05) is 37.8 Å². The van der Waals surface area contributed by atoms with Gasteiger partial charge in [0, 0.05) is 17.0 Å². The smallest absolute Gasteiger partial charge is 0.251 e. The largest absolute Gasteiger partial charge is 0.497 e. The first-order valence-corrected chi connectivity index (χ1v) is 10.9. The minimum atomic E-state index is -0.135. The Hall–Kier alpha value is -2.51. The molecule has 0 spiro atoms. The third kappa shape index (κ3) is 4.57. The molecule has 7 heteroatoms. The summed E-state index contributed by atoms with van der Waals surface area (Å²) in [5, 5.41) is 5.93. The molecular weight excluding hydrogens is 386 g/mol. The van der Waals surface area contributed by atoms with Gasteiger partial charge in [0.2, 0.25) is 5.91 Å². The maximum Gasteiger partial charge on any atom is 0.251 e. The summed E-state index contributed by atoms with van der Waals surface area (Å²) in [6.45, 7) is 2.57. The lowest BCUT2D eigenvalue weighted by Gasteiger charge is -2.28. The molecule has 2 amide bonds. The van der Waals surface area contributed by atoms with E-state index in [1.807, 2.05) is 30.3 Å². The number of fused-ring (bicyclic) bond motifs is 1. The zero-order valence-electron chi connectivity index (χ0n) is 16.4. The number of hydrogen-bond donors (Lipinski definition) is 2. The van der Waals surface area contributed by atoms with Crippen LogP contribution in [0.3, 0.4) is 0 Å². The molecule has 152 valence electrons.